The molecular formula is C16H15NO4S. The van der Waals surface area contributed by atoms with Crippen LogP contribution in [0.5, 0.6) is 0 Å². The zero-order chi connectivity index (χ0) is 16.2. The number of aliphatic carboxylic acids is 1. The van der Waals surface area contributed by atoms with Crippen LogP contribution in [0.2, 0.25) is 0 Å². The van der Waals surface area contributed by atoms with Gasteiger partial charge in [0.15, 0.2) is 0 Å². The molecule has 0 bridgehead atoms. The van der Waals surface area contributed by atoms with Crippen LogP contribution < -0.4 is 4.72 Å². The first kappa shape index (κ1) is 15.8. The molecule has 114 valence electrons. The number of carboxylic acids is 1. The molecule has 0 saturated carbocycles. The lowest BCUT2D eigenvalue weighted by atomic mass is 10.1. The molecule has 2 rings (SSSR count). The van der Waals surface area contributed by atoms with Gasteiger partial charge in [-0.1, -0.05) is 30.3 Å². The van der Waals surface area contributed by atoms with Crippen LogP contribution in [-0.4, -0.2) is 19.5 Å². The second-order valence-electron chi connectivity index (χ2n) is 4.67. The highest BCUT2D eigenvalue weighted by Gasteiger charge is 2.13. The highest BCUT2D eigenvalue weighted by atomic mass is 32.2. The van der Waals surface area contributed by atoms with E-state index in [9.17, 15) is 13.2 Å². The average molecular weight is 317 g/mol. The second-order valence-corrected chi connectivity index (χ2v) is 6.36. The molecule has 6 heteroatoms. The van der Waals surface area contributed by atoms with Gasteiger partial charge in [0.2, 0.25) is 0 Å². The number of hydrogen-bond acceptors (Lipinski definition) is 3. The number of rotatable bonds is 5. The van der Waals surface area contributed by atoms with Gasteiger partial charge in [-0.3, -0.25) is 4.72 Å². The van der Waals surface area contributed by atoms with Crippen molar-refractivity contribution in [1.82, 2.24) is 0 Å². The smallest absolute Gasteiger partial charge is 0.331 e. The van der Waals surface area contributed by atoms with Crippen molar-refractivity contribution in [3.8, 4) is 0 Å². The number of benzene rings is 2. The fourth-order valence-corrected chi connectivity index (χ4v) is 2.85. The largest absolute Gasteiger partial charge is 0.478 e. The molecule has 2 N–H and O–H groups in total. The fourth-order valence-electron chi connectivity index (χ4n) is 1.77. The number of nitrogens with one attached hydrogen (secondary N) is 1. The van der Waals surface area contributed by atoms with Gasteiger partial charge in [0.1, 0.15) is 0 Å². The van der Waals surface area contributed by atoms with E-state index in [0.29, 0.717) is 11.3 Å². The maximum Gasteiger partial charge on any atom is 0.331 e. The Labute approximate surface area is 129 Å². The monoisotopic (exact) mass is 317 g/mol. The van der Waals surface area contributed by atoms with Crippen molar-refractivity contribution in [2.45, 2.75) is 11.8 Å². The molecule has 0 heterocycles. The molecule has 5 nitrogen and oxygen atoms in total. The zero-order valence-electron chi connectivity index (χ0n) is 11.9. The third kappa shape index (κ3) is 3.95. The van der Waals surface area contributed by atoms with Crippen molar-refractivity contribution in [3.63, 3.8) is 0 Å². The molecule has 0 radical (unpaired) electrons. The maximum atomic E-state index is 12.2. The molecule has 0 fully saturated rings. The molecule has 0 aliphatic carbocycles. The summed E-state index contributed by atoms with van der Waals surface area (Å²) in [6.07, 6.45) is 1.51. The standard InChI is InChI=1S/C16H15NO4S/c1-12(16(18)19)11-13-7-9-14(10-8-13)17-22(20,21)15-5-3-2-4-6-15/h2-11,17H,1H3,(H,18,19)/b12-11+. The molecule has 0 saturated heterocycles. The quantitative estimate of drug-likeness (QED) is 0.830. The number of sulfonamides is 1. The summed E-state index contributed by atoms with van der Waals surface area (Å²) in [5.41, 5.74) is 1.30. The zero-order valence-corrected chi connectivity index (χ0v) is 12.7. The first-order valence-electron chi connectivity index (χ1n) is 6.48. The summed E-state index contributed by atoms with van der Waals surface area (Å²) in [6.45, 7) is 1.49. The minimum Gasteiger partial charge on any atom is -0.478 e. The van der Waals surface area contributed by atoms with Gasteiger partial charge in [0, 0.05) is 11.3 Å². The van der Waals surface area contributed by atoms with Crippen molar-refractivity contribution in [1.29, 1.82) is 0 Å². The lowest BCUT2D eigenvalue weighted by Gasteiger charge is -2.08. The van der Waals surface area contributed by atoms with Crippen LogP contribution in [0, 0.1) is 0 Å². The Hall–Kier alpha value is -2.60. The summed E-state index contributed by atoms with van der Waals surface area (Å²) in [4.78, 5) is 10.9. The third-order valence-electron chi connectivity index (χ3n) is 2.94. The van der Waals surface area contributed by atoms with Crippen LogP contribution in [0.4, 0.5) is 5.69 Å². The van der Waals surface area contributed by atoms with Gasteiger partial charge < -0.3 is 5.11 Å². The molecule has 0 aliphatic heterocycles. The highest BCUT2D eigenvalue weighted by molar-refractivity contribution is 7.92. The highest BCUT2D eigenvalue weighted by Crippen LogP contribution is 2.17. The Balaban J connectivity index is 2.19. The number of carboxylic acid groups (broad SMARTS) is 1. The van der Waals surface area contributed by atoms with Gasteiger partial charge >= 0.3 is 5.97 Å². The summed E-state index contributed by atoms with van der Waals surface area (Å²) >= 11 is 0. The van der Waals surface area contributed by atoms with Crippen LogP contribution in [0.25, 0.3) is 6.08 Å². The van der Waals surface area contributed by atoms with Crippen LogP contribution in [-0.2, 0) is 14.8 Å². The fraction of sp³-hybridized carbons (Fsp3) is 0.0625. The van der Waals surface area contributed by atoms with Crippen LogP contribution in [0.1, 0.15) is 12.5 Å². The van der Waals surface area contributed by atoms with Crippen LogP contribution >= 0.6 is 0 Å². The Kier molecular flexibility index (Phi) is 4.62. The van der Waals surface area contributed by atoms with Gasteiger partial charge in [-0.2, -0.15) is 0 Å². The lowest BCUT2D eigenvalue weighted by Crippen LogP contribution is -2.12. The Morgan fingerprint density at radius 1 is 1.05 bits per heavy atom. The third-order valence-corrected chi connectivity index (χ3v) is 4.33. The van der Waals surface area contributed by atoms with Crippen molar-refractivity contribution in [2.24, 2.45) is 0 Å². The maximum absolute atomic E-state index is 12.2. The predicted octanol–water partition coefficient (Wildman–Crippen LogP) is 2.98. The van der Waals surface area contributed by atoms with Gasteiger partial charge in [0.25, 0.3) is 10.0 Å². The predicted molar refractivity (Wildman–Crippen MR) is 85.0 cm³/mol. The molecule has 2 aromatic rings. The second kappa shape index (κ2) is 6.44. The minimum absolute atomic E-state index is 0.181. The van der Waals surface area contributed by atoms with E-state index in [4.69, 9.17) is 5.11 Å². The molecule has 0 amide bonds. The Morgan fingerprint density at radius 2 is 1.64 bits per heavy atom. The van der Waals surface area contributed by atoms with Crippen LogP contribution in [0.15, 0.2) is 65.1 Å². The summed E-state index contributed by atoms with van der Waals surface area (Å²) in [6, 6.07) is 14.5. The minimum atomic E-state index is -3.62. The van der Waals surface area contributed by atoms with Gasteiger partial charge in [-0.25, -0.2) is 13.2 Å². The summed E-state index contributed by atoms with van der Waals surface area (Å²) < 4.78 is 26.8. The number of hydrogen-bond donors (Lipinski definition) is 2. The van der Waals surface area contributed by atoms with Crippen molar-refractivity contribution in [3.05, 3.63) is 65.7 Å². The molecule has 0 aromatic heterocycles. The van der Waals surface area contributed by atoms with Gasteiger partial charge in [-0.15, -0.1) is 0 Å². The van der Waals surface area contributed by atoms with E-state index in [2.05, 4.69) is 4.72 Å². The van der Waals surface area contributed by atoms with E-state index in [1.807, 2.05) is 0 Å². The Bertz CT molecular complexity index is 794. The number of anilines is 1. The molecular weight excluding hydrogens is 302 g/mol. The van der Waals surface area contributed by atoms with Crippen LogP contribution in [0.3, 0.4) is 0 Å². The molecule has 0 aliphatic rings. The number of carbonyl (C=O) groups is 1. The van der Waals surface area contributed by atoms with Gasteiger partial charge in [-0.05, 0) is 42.8 Å². The van der Waals surface area contributed by atoms with E-state index >= 15 is 0 Å². The SMILES string of the molecule is C/C(=C\c1ccc(NS(=O)(=O)c2ccccc2)cc1)C(=O)O. The van der Waals surface area contributed by atoms with Gasteiger partial charge in [0.05, 0.1) is 4.90 Å². The van der Waals surface area contributed by atoms with Crippen molar-refractivity contribution < 1.29 is 18.3 Å². The van der Waals surface area contributed by atoms with E-state index in [0.717, 1.165) is 0 Å². The topological polar surface area (TPSA) is 83.5 Å². The first-order valence-corrected chi connectivity index (χ1v) is 7.96. The van der Waals surface area contributed by atoms with E-state index < -0.39 is 16.0 Å². The molecule has 0 atom stereocenters. The lowest BCUT2D eigenvalue weighted by molar-refractivity contribution is -0.132. The van der Waals surface area contributed by atoms with E-state index in [1.165, 1.54) is 25.1 Å². The Morgan fingerprint density at radius 3 is 2.18 bits per heavy atom. The average Bonchev–Trinajstić information content (AvgIpc) is 2.50. The van der Waals surface area contributed by atoms with E-state index in [1.54, 1.807) is 42.5 Å². The van der Waals surface area contributed by atoms with Crippen molar-refractivity contribution in [2.75, 3.05) is 4.72 Å². The first-order chi connectivity index (χ1) is 10.4. The molecule has 2 aromatic carbocycles. The summed E-state index contributed by atoms with van der Waals surface area (Å²) in [5, 5.41) is 8.82. The molecule has 0 unspecified atom stereocenters. The van der Waals surface area contributed by atoms with Crippen molar-refractivity contribution >= 4 is 27.8 Å². The molecule has 0 spiro atoms. The van der Waals surface area contributed by atoms with E-state index in [-0.39, 0.29) is 10.5 Å². The normalized spacial score (nSPS) is 12.0. The summed E-state index contributed by atoms with van der Waals surface area (Å²) in [5.74, 6) is -0.992. The summed E-state index contributed by atoms with van der Waals surface area (Å²) in [7, 11) is -3.62. The molecule has 22 heavy (non-hydrogen) atoms.